The summed E-state index contributed by atoms with van der Waals surface area (Å²) in [5, 5.41) is 12.8. The van der Waals surface area contributed by atoms with Gasteiger partial charge in [-0.3, -0.25) is 24.1 Å². The van der Waals surface area contributed by atoms with Gasteiger partial charge in [0.1, 0.15) is 31.0 Å². The number of likely N-dealkylation sites (tertiary alicyclic amines) is 3. The second-order valence-corrected chi connectivity index (χ2v) is 10.1. The van der Waals surface area contributed by atoms with E-state index in [1.807, 2.05) is 11.9 Å². The highest BCUT2D eigenvalue weighted by Crippen LogP contribution is 2.26. The zero-order valence-corrected chi connectivity index (χ0v) is 20.9. The minimum absolute atomic E-state index is 0.0128. The third-order valence-corrected chi connectivity index (χ3v) is 7.14. The lowest BCUT2D eigenvalue weighted by molar-refractivity contribution is -0.152. The van der Waals surface area contributed by atoms with Crippen molar-refractivity contribution in [3.05, 3.63) is 0 Å². The van der Waals surface area contributed by atoms with Crippen LogP contribution in [0.25, 0.3) is 0 Å². The number of hydrogen-bond donors (Lipinski definition) is 2. The number of likely N-dealkylation sites (N-methyl/N-ethyl adjacent to an activating group) is 1. The summed E-state index contributed by atoms with van der Waals surface area (Å²) >= 11 is 0. The van der Waals surface area contributed by atoms with Crippen LogP contribution >= 0.6 is 0 Å². The Morgan fingerprint density at radius 3 is 2.49 bits per heavy atom. The van der Waals surface area contributed by atoms with E-state index < -0.39 is 30.1 Å². The fraction of sp³-hybridized carbons (Fsp3) is 0.792. The second-order valence-electron chi connectivity index (χ2n) is 10.1. The molecule has 11 nitrogen and oxygen atoms in total. The summed E-state index contributed by atoms with van der Waals surface area (Å²) in [6.45, 7) is 4.74. The van der Waals surface area contributed by atoms with Crippen LogP contribution in [-0.2, 0) is 28.7 Å². The topological polar surface area (TPSA) is 137 Å². The number of esters is 1. The largest absolute Gasteiger partial charge is 0.464 e. The van der Waals surface area contributed by atoms with Gasteiger partial charge in [-0.1, -0.05) is 6.92 Å². The average Bonchev–Trinajstić information content (AvgIpc) is 3.39. The molecular formula is C24H38N4O7. The Morgan fingerprint density at radius 2 is 1.83 bits per heavy atom. The molecule has 0 radical (unpaired) electrons. The summed E-state index contributed by atoms with van der Waals surface area (Å²) in [5.41, 5.74) is 0. The Hall–Kier alpha value is -2.53. The van der Waals surface area contributed by atoms with Crippen LogP contribution in [0.15, 0.2) is 0 Å². The fourth-order valence-electron chi connectivity index (χ4n) is 5.35. The van der Waals surface area contributed by atoms with Crippen LogP contribution in [0.1, 0.15) is 52.4 Å². The van der Waals surface area contributed by atoms with Gasteiger partial charge in [0.05, 0.1) is 18.6 Å². The van der Waals surface area contributed by atoms with E-state index in [9.17, 15) is 29.1 Å². The molecule has 0 aromatic heterocycles. The number of nitrogens with zero attached hydrogens (tertiary/aromatic N) is 3. The maximum Gasteiger partial charge on any atom is 0.323 e. The van der Waals surface area contributed by atoms with Crippen molar-refractivity contribution in [3.8, 4) is 0 Å². The van der Waals surface area contributed by atoms with Gasteiger partial charge < -0.3 is 29.8 Å². The number of β-amino-alcohol motifs (C(OH)–C–C–N with tert-alkyl or cyclic N) is 1. The number of aliphatic hydroxyl groups is 1. The molecule has 196 valence electrons. The summed E-state index contributed by atoms with van der Waals surface area (Å²) in [6.07, 6.45) is 2.46. The van der Waals surface area contributed by atoms with Crippen LogP contribution in [-0.4, -0.2) is 113 Å². The normalized spacial score (nSPS) is 30.1. The number of aliphatic hydroxyl groups excluding tert-OH is 1. The van der Waals surface area contributed by atoms with Crippen molar-refractivity contribution in [2.45, 2.75) is 82.6 Å². The Kier molecular flexibility index (Phi) is 9.23. The van der Waals surface area contributed by atoms with Crippen LogP contribution in [0, 0.1) is 5.92 Å². The van der Waals surface area contributed by atoms with Crippen molar-refractivity contribution in [3.63, 3.8) is 0 Å². The number of amides is 3. The zero-order chi connectivity index (χ0) is 25.7. The monoisotopic (exact) mass is 494 g/mol. The maximum atomic E-state index is 13.4. The molecule has 0 aromatic carbocycles. The Bertz CT molecular complexity index is 822. The van der Waals surface area contributed by atoms with E-state index in [1.165, 1.54) is 9.80 Å². The van der Waals surface area contributed by atoms with E-state index >= 15 is 0 Å². The molecule has 3 fully saturated rings. The summed E-state index contributed by atoms with van der Waals surface area (Å²) in [7, 11) is 1.87. The van der Waals surface area contributed by atoms with Gasteiger partial charge in [-0.05, 0) is 45.6 Å². The van der Waals surface area contributed by atoms with E-state index in [0.29, 0.717) is 31.6 Å². The Labute approximate surface area is 206 Å². The first-order chi connectivity index (χ1) is 16.6. The lowest BCUT2D eigenvalue weighted by atomic mass is 9.99. The zero-order valence-electron chi connectivity index (χ0n) is 20.9. The molecule has 35 heavy (non-hydrogen) atoms. The van der Waals surface area contributed by atoms with Gasteiger partial charge >= 0.3 is 5.97 Å². The molecule has 3 amide bonds. The van der Waals surface area contributed by atoms with Crippen LogP contribution in [0.2, 0.25) is 0 Å². The molecule has 3 saturated heterocycles. The molecular weight excluding hydrogens is 456 g/mol. The number of piperidine rings is 1. The molecule has 0 saturated carbocycles. The minimum atomic E-state index is -0.882. The first-order valence-electron chi connectivity index (χ1n) is 12.5. The molecule has 3 aliphatic heterocycles. The van der Waals surface area contributed by atoms with Crippen LogP contribution in [0.4, 0.5) is 0 Å². The van der Waals surface area contributed by atoms with Crippen molar-refractivity contribution in [2.24, 2.45) is 5.92 Å². The average molecular weight is 495 g/mol. The van der Waals surface area contributed by atoms with Crippen LogP contribution < -0.4 is 5.32 Å². The molecule has 0 spiro atoms. The molecule has 0 aromatic rings. The van der Waals surface area contributed by atoms with E-state index in [1.54, 1.807) is 6.92 Å². The second kappa shape index (κ2) is 11.9. The summed E-state index contributed by atoms with van der Waals surface area (Å²) in [4.78, 5) is 67.1. The highest BCUT2D eigenvalue weighted by Gasteiger charge is 2.44. The van der Waals surface area contributed by atoms with Gasteiger partial charge in [-0.2, -0.15) is 0 Å². The first-order valence-corrected chi connectivity index (χ1v) is 12.5. The van der Waals surface area contributed by atoms with Crippen molar-refractivity contribution < 1.29 is 33.8 Å². The van der Waals surface area contributed by atoms with Gasteiger partial charge in [0.25, 0.3) is 0 Å². The summed E-state index contributed by atoms with van der Waals surface area (Å²) < 4.78 is 5.34. The van der Waals surface area contributed by atoms with Crippen molar-refractivity contribution >= 4 is 30.0 Å². The first kappa shape index (κ1) is 27.1. The lowest BCUT2D eigenvalue weighted by Crippen LogP contribution is -2.57. The SMILES string of the molecule is CC(C=O)NC(=O)C1CCCCN1C(=O)C1C[C@@H](O)CN1C(=O)CCOC(=O)C1C[C@@H](C)CN1C. The van der Waals surface area contributed by atoms with E-state index in [-0.39, 0.29) is 49.8 Å². The number of hydrogen-bond acceptors (Lipinski definition) is 8. The standard InChI is InChI=1S/C24H38N4O7/c1-15-10-20(26(3)12-15)24(34)35-9-7-21(31)28-13-17(30)11-19(28)23(33)27-8-5-4-6-18(27)22(32)25-16(2)14-29/h14-20,30H,4-13H2,1-3H3,(H,25,32)/t15-,16?,17-,18?,19?,20?/m1/s1. The van der Waals surface area contributed by atoms with Gasteiger partial charge in [0.15, 0.2) is 0 Å². The van der Waals surface area contributed by atoms with Crippen LogP contribution in [0.3, 0.4) is 0 Å². The number of carbonyl (C=O) groups excluding carboxylic acids is 5. The van der Waals surface area contributed by atoms with E-state index in [2.05, 4.69) is 12.2 Å². The van der Waals surface area contributed by atoms with E-state index in [4.69, 9.17) is 4.74 Å². The Morgan fingerprint density at radius 1 is 1.09 bits per heavy atom. The molecule has 3 aliphatic rings. The third-order valence-electron chi connectivity index (χ3n) is 7.14. The molecule has 6 atom stereocenters. The summed E-state index contributed by atoms with van der Waals surface area (Å²) in [6, 6.07) is -2.58. The van der Waals surface area contributed by atoms with Crippen molar-refractivity contribution in [1.82, 2.24) is 20.0 Å². The highest BCUT2D eigenvalue weighted by molar-refractivity contribution is 5.93. The maximum absolute atomic E-state index is 13.4. The molecule has 11 heteroatoms. The highest BCUT2D eigenvalue weighted by atomic mass is 16.5. The van der Waals surface area contributed by atoms with Crippen LogP contribution in [0.5, 0.6) is 0 Å². The minimum Gasteiger partial charge on any atom is -0.464 e. The molecule has 3 heterocycles. The summed E-state index contributed by atoms with van der Waals surface area (Å²) in [5.74, 6) is -1.11. The molecule has 3 rings (SSSR count). The quantitative estimate of drug-likeness (QED) is 0.334. The number of ether oxygens (including phenoxy) is 1. The lowest BCUT2D eigenvalue weighted by Gasteiger charge is -2.38. The van der Waals surface area contributed by atoms with Gasteiger partial charge in [0, 0.05) is 26.1 Å². The number of rotatable bonds is 8. The van der Waals surface area contributed by atoms with Gasteiger partial charge in [-0.25, -0.2) is 0 Å². The van der Waals surface area contributed by atoms with Crippen molar-refractivity contribution in [2.75, 3.05) is 33.3 Å². The number of aldehydes is 1. The predicted octanol–water partition coefficient (Wildman–Crippen LogP) is -0.694. The molecule has 4 unspecified atom stereocenters. The van der Waals surface area contributed by atoms with E-state index in [0.717, 1.165) is 19.4 Å². The molecule has 0 bridgehead atoms. The van der Waals surface area contributed by atoms with Gasteiger partial charge in [0.2, 0.25) is 17.7 Å². The van der Waals surface area contributed by atoms with Crippen molar-refractivity contribution in [1.29, 1.82) is 0 Å². The third kappa shape index (κ3) is 6.58. The smallest absolute Gasteiger partial charge is 0.323 e. The predicted molar refractivity (Wildman–Crippen MR) is 125 cm³/mol. The molecule has 0 aliphatic carbocycles. The van der Waals surface area contributed by atoms with Gasteiger partial charge in [-0.15, -0.1) is 0 Å². The Balaban J connectivity index is 1.59. The number of carbonyl (C=O) groups is 5. The molecule has 2 N–H and O–H groups in total. The number of nitrogens with one attached hydrogen (secondary N) is 1. The fourth-order valence-corrected chi connectivity index (χ4v) is 5.35.